The van der Waals surface area contributed by atoms with E-state index in [1.54, 1.807) is 11.3 Å². The highest BCUT2D eigenvalue weighted by Gasteiger charge is 2.33. The van der Waals surface area contributed by atoms with Gasteiger partial charge < -0.3 is 4.90 Å². The summed E-state index contributed by atoms with van der Waals surface area (Å²) >= 11 is 1.55. The molecule has 0 bridgehead atoms. The van der Waals surface area contributed by atoms with Crippen LogP contribution in [-0.4, -0.2) is 38.9 Å². The van der Waals surface area contributed by atoms with E-state index in [9.17, 15) is 4.79 Å². The predicted octanol–water partition coefficient (Wildman–Crippen LogP) is 3.01. The summed E-state index contributed by atoms with van der Waals surface area (Å²) in [5.41, 5.74) is 1.92. The van der Waals surface area contributed by atoms with E-state index < -0.39 is 0 Å². The van der Waals surface area contributed by atoms with Gasteiger partial charge in [-0.05, 0) is 19.1 Å². The molecule has 0 spiro atoms. The molecule has 23 heavy (non-hydrogen) atoms. The Kier molecular flexibility index (Phi) is 3.46. The second-order valence-electron chi connectivity index (χ2n) is 5.72. The van der Waals surface area contributed by atoms with Gasteiger partial charge in [-0.2, -0.15) is 0 Å². The Morgan fingerprint density at radius 3 is 2.65 bits per heavy atom. The average molecular weight is 324 g/mol. The Balaban J connectivity index is 1.42. The summed E-state index contributed by atoms with van der Waals surface area (Å²) in [6.07, 6.45) is 1.96. The first-order chi connectivity index (χ1) is 11.2. The minimum absolute atomic E-state index is 0.114. The number of hydrogen-bond donors (Lipinski definition) is 0. The smallest absolute Gasteiger partial charge is 0.264 e. The number of thiophene rings is 1. The number of carbonyl (C=O) groups is 1. The van der Waals surface area contributed by atoms with Crippen LogP contribution >= 0.6 is 11.3 Å². The topological polar surface area (TPSA) is 51.0 Å². The summed E-state index contributed by atoms with van der Waals surface area (Å²) in [7, 11) is 0. The second-order valence-corrected chi connectivity index (χ2v) is 7.01. The summed E-state index contributed by atoms with van der Waals surface area (Å²) in [6.45, 7) is 3.39. The molecule has 1 aliphatic heterocycles. The lowest BCUT2D eigenvalue weighted by Gasteiger charge is -2.38. The van der Waals surface area contributed by atoms with Crippen LogP contribution in [0.2, 0.25) is 0 Å². The minimum atomic E-state index is 0.114. The summed E-state index contributed by atoms with van der Waals surface area (Å²) in [5, 5.41) is 8.45. The fourth-order valence-electron chi connectivity index (χ4n) is 2.69. The highest BCUT2D eigenvalue weighted by Crippen LogP contribution is 2.26. The molecule has 5 nitrogen and oxygen atoms in total. The lowest BCUT2D eigenvalue weighted by molar-refractivity contribution is 0.0503. The van der Waals surface area contributed by atoms with Crippen molar-refractivity contribution in [2.24, 2.45) is 0 Å². The highest BCUT2D eigenvalue weighted by atomic mass is 32.1. The standard InChI is InChI=1S/C17H16N4OS/c1-12-7-8-16(23-12)17(22)20-9-14(10-20)21-11-15(18-19-21)13-5-3-2-4-6-13/h2-8,11,14H,9-10H2,1H3. The largest absolute Gasteiger partial charge is 0.334 e. The molecule has 4 rings (SSSR count). The number of benzene rings is 1. The zero-order chi connectivity index (χ0) is 15.8. The van der Waals surface area contributed by atoms with Crippen molar-refractivity contribution in [2.45, 2.75) is 13.0 Å². The summed E-state index contributed by atoms with van der Waals surface area (Å²) in [6, 6.07) is 14.1. The van der Waals surface area contributed by atoms with Gasteiger partial charge in [0.05, 0.1) is 17.1 Å². The fourth-order valence-corrected chi connectivity index (χ4v) is 3.53. The number of rotatable bonds is 3. The fraction of sp³-hybridized carbons (Fsp3) is 0.235. The number of carbonyl (C=O) groups excluding carboxylic acids is 1. The molecule has 2 aromatic heterocycles. The van der Waals surface area contributed by atoms with Gasteiger partial charge in [0.15, 0.2) is 0 Å². The number of likely N-dealkylation sites (tertiary alicyclic amines) is 1. The molecule has 116 valence electrons. The normalized spacial score (nSPS) is 14.7. The Morgan fingerprint density at radius 1 is 1.17 bits per heavy atom. The summed E-state index contributed by atoms with van der Waals surface area (Å²) in [4.78, 5) is 16.2. The van der Waals surface area contributed by atoms with Crippen molar-refractivity contribution >= 4 is 17.2 Å². The van der Waals surface area contributed by atoms with Gasteiger partial charge in [0, 0.05) is 23.5 Å². The minimum Gasteiger partial charge on any atom is -0.334 e. The first kappa shape index (κ1) is 14.1. The van der Waals surface area contributed by atoms with Gasteiger partial charge in [-0.25, -0.2) is 4.68 Å². The van der Waals surface area contributed by atoms with Crippen LogP contribution < -0.4 is 0 Å². The van der Waals surface area contributed by atoms with E-state index in [-0.39, 0.29) is 11.9 Å². The number of aryl methyl sites for hydroxylation is 1. The van der Waals surface area contributed by atoms with Crippen molar-refractivity contribution in [2.75, 3.05) is 13.1 Å². The van der Waals surface area contributed by atoms with Gasteiger partial charge in [-0.3, -0.25) is 4.79 Å². The van der Waals surface area contributed by atoms with Gasteiger partial charge in [0.2, 0.25) is 0 Å². The SMILES string of the molecule is Cc1ccc(C(=O)N2CC(n3cc(-c4ccccc4)nn3)C2)s1. The quantitative estimate of drug-likeness (QED) is 0.744. The van der Waals surface area contributed by atoms with Crippen molar-refractivity contribution in [3.05, 3.63) is 58.4 Å². The Bertz CT molecular complexity index is 833. The maximum Gasteiger partial charge on any atom is 0.264 e. The van der Waals surface area contributed by atoms with Crippen LogP contribution in [0.5, 0.6) is 0 Å². The van der Waals surface area contributed by atoms with Gasteiger partial charge in [-0.15, -0.1) is 16.4 Å². The lowest BCUT2D eigenvalue weighted by Crippen LogP contribution is -2.50. The van der Waals surface area contributed by atoms with E-state index >= 15 is 0 Å². The Hall–Kier alpha value is -2.47. The van der Waals surface area contributed by atoms with E-state index in [1.165, 1.54) is 0 Å². The first-order valence-electron chi connectivity index (χ1n) is 7.53. The van der Waals surface area contributed by atoms with Crippen LogP contribution in [0.1, 0.15) is 20.6 Å². The second kappa shape index (κ2) is 5.62. The maximum absolute atomic E-state index is 12.3. The molecule has 6 heteroatoms. The molecule has 3 aromatic rings. The molecular formula is C17H16N4OS. The van der Waals surface area contributed by atoms with Gasteiger partial charge in [0.25, 0.3) is 5.91 Å². The molecule has 0 N–H and O–H groups in total. The number of aromatic nitrogens is 3. The van der Waals surface area contributed by atoms with Crippen LogP contribution in [0.25, 0.3) is 11.3 Å². The van der Waals surface area contributed by atoms with Crippen molar-refractivity contribution < 1.29 is 4.79 Å². The molecule has 1 aromatic carbocycles. The molecule has 1 amide bonds. The van der Waals surface area contributed by atoms with Crippen LogP contribution in [0.3, 0.4) is 0 Å². The van der Waals surface area contributed by atoms with Gasteiger partial charge in [-0.1, -0.05) is 35.5 Å². The molecular weight excluding hydrogens is 308 g/mol. The van der Waals surface area contributed by atoms with Crippen LogP contribution in [0.15, 0.2) is 48.7 Å². The van der Waals surface area contributed by atoms with E-state index in [1.807, 2.05) is 65.2 Å². The molecule has 1 aliphatic rings. The van der Waals surface area contributed by atoms with Gasteiger partial charge in [0.1, 0.15) is 5.69 Å². The Labute approximate surface area is 138 Å². The zero-order valence-corrected chi connectivity index (χ0v) is 13.5. The summed E-state index contributed by atoms with van der Waals surface area (Å²) < 4.78 is 1.87. The molecule has 0 aliphatic carbocycles. The van der Waals surface area contributed by atoms with E-state index in [0.29, 0.717) is 13.1 Å². The third-order valence-electron chi connectivity index (χ3n) is 4.05. The van der Waals surface area contributed by atoms with Crippen LogP contribution in [-0.2, 0) is 0 Å². The Morgan fingerprint density at radius 2 is 1.96 bits per heavy atom. The van der Waals surface area contributed by atoms with Crippen molar-refractivity contribution in [3.63, 3.8) is 0 Å². The third-order valence-corrected chi connectivity index (χ3v) is 5.04. The number of amides is 1. The van der Waals surface area contributed by atoms with Crippen molar-refractivity contribution in [3.8, 4) is 11.3 Å². The molecule has 0 saturated carbocycles. The van der Waals surface area contributed by atoms with Crippen LogP contribution in [0, 0.1) is 6.92 Å². The van der Waals surface area contributed by atoms with E-state index in [0.717, 1.165) is 21.0 Å². The van der Waals surface area contributed by atoms with Crippen LogP contribution in [0.4, 0.5) is 0 Å². The average Bonchev–Trinajstić information content (AvgIpc) is 3.16. The first-order valence-corrected chi connectivity index (χ1v) is 8.35. The molecule has 0 radical (unpaired) electrons. The van der Waals surface area contributed by atoms with Crippen molar-refractivity contribution in [1.82, 2.24) is 19.9 Å². The molecule has 1 saturated heterocycles. The lowest BCUT2D eigenvalue weighted by atomic mass is 10.1. The monoisotopic (exact) mass is 324 g/mol. The summed E-state index contributed by atoms with van der Waals surface area (Å²) in [5.74, 6) is 0.114. The number of nitrogens with zero attached hydrogens (tertiary/aromatic N) is 4. The number of hydrogen-bond acceptors (Lipinski definition) is 4. The molecule has 1 fully saturated rings. The van der Waals surface area contributed by atoms with E-state index in [2.05, 4.69) is 10.3 Å². The molecule has 0 atom stereocenters. The molecule has 3 heterocycles. The van der Waals surface area contributed by atoms with E-state index in [4.69, 9.17) is 0 Å². The van der Waals surface area contributed by atoms with Crippen molar-refractivity contribution in [1.29, 1.82) is 0 Å². The van der Waals surface area contributed by atoms with Gasteiger partial charge >= 0.3 is 0 Å². The maximum atomic E-state index is 12.3. The predicted molar refractivity (Wildman–Crippen MR) is 89.5 cm³/mol. The third kappa shape index (κ3) is 2.66. The molecule has 0 unspecified atom stereocenters. The highest BCUT2D eigenvalue weighted by molar-refractivity contribution is 7.13. The zero-order valence-electron chi connectivity index (χ0n) is 12.7.